The van der Waals surface area contributed by atoms with Crippen LogP contribution in [0.3, 0.4) is 0 Å². The van der Waals surface area contributed by atoms with Crippen LogP contribution < -0.4 is 15.0 Å². The first-order chi connectivity index (χ1) is 11.2. The highest BCUT2D eigenvalue weighted by Gasteiger charge is 2.12. The standard InChI is InChI=1S/C16H18BrFN4O/c17-14-3-2-13(18)8-12(14)11-23-16-10-20-9-15(21-16)22-6-1-4-19-5-7-22/h2-3,8-10,19H,1,4-7,11H2. The molecule has 1 N–H and O–H groups in total. The minimum absolute atomic E-state index is 0.234. The van der Waals surface area contributed by atoms with Gasteiger partial charge in [-0.3, -0.25) is 4.98 Å². The zero-order valence-electron chi connectivity index (χ0n) is 12.6. The van der Waals surface area contributed by atoms with E-state index in [0.29, 0.717) is 5.88 Å². The molecule has 23 heavy (non-hydrogen) atoms. The molecule has 2 aromatic rings. The first-order valence-electron chi connectivity index (χ1n) is 7.57. The van der Waals surface area contributed by atoms with Gasteiger partial charge in [0.05, 0.1) is 12.4 Å². The lowest BCUT2D eigenvalue weighted by Crippen LogP contribution is -2.28. The smallest absolute Gasteiger partial charge is 0.234 e. The van der Waals surface area contributed by atoms with Gasteiger partial charge in [-0.1, -0.05) is 15.9 Å². The second kappa shape index (κ2) is 7.70. The summed E-state index contributed by atoms with van der Waals surface area (Å²) in [7, 11) is 0. The first-order valence-corrected chi connectivity index (χ1v) is 8.36. The summed E-state index contributed by atoms with van der Waals surface area (Å²) in [5, 5.41) is 3.36. The van der Waals surface area contributed by atoms with Crippen molar-refractivity contribution >= 4 is 21.7 Å². The molecular weight excluding hydrogens is 363 g/mol. The van der Waals surface area contributed by atoms with Crippen molar-refractivity contribution < 1.29 is 9.13 Å². The number of nitrogens with one attached hydrogen (secondary N) is 1. The van der Waals surface area contributed by atoms with Crippen LogP contribution in [0.25, 0.3) is 0 Å². The molecule has 0 bridgehead atoms. The van der Waals surface area contributed by atoms with Crippen LogP contribution in [0.15, 0.2) is 35.1 Å². The topological polar surface area (TPSA) is 50.3 Å². The lowest BCUT2D eigenvalue weighted by molar-refractivity contribution is 0.291. The fourth-order valence-electron chi connectivity index (χ4n) is 2.44. The molecule has 0 atom stereocenters. The van der Waals surface area contributed by atoms with Gasteiger partial charge >= 0.3 is 0 Å². The van der Waals surface area contributed by atoms with Crippen molar-refractivity contribution in [3.05, 3.63) is 46.4 Å². The summed E-state index contributed by atoms with van der Waals surface area (Å²) in [6.45, 7) is 4.03. The number of halogens is 2. The minimum Gasteiger partial charge on any atom is -0.472 e. The van der Waals surface area contributed by atoms with Gasteiger partial charge in [0.25, 0.3) is 0 Å². The molecule has 0 amide bonds. The van der Waals surface area contributed by atoms with Crippen molar-refractivity contribution in [1.29, 1.82) is 0 Å². The van der Waals surface area contributed by atoms with Crippen LogP contribution in [0.1, 0.15) is 12.0 Å². The molecule has 3 rings (SSSR count). The Hall–Kier alpha value is -1.73. The second-order valence-electron chi connectivity index (χ2n) is 5.33. The highest BCUT2D eigenvalue weighted by atomic mass is 79.9. The number of aromatic nitrogens is 2. The van der Waals surface area contributed by atoms with Crippen LogP contribution in [-0.4, -0.2) is 36.1 Å². The number of nitrogens with zero attached hydrogens (tertiary/aromatic N) is 3. The predicted octanol–water partition coefficient (Wildman–Crippen LogP) is 2.76. The lowest BCUT2D eigenvalue weighted by Gasteiger charge is -2.20. The van der Waals surface area contributed by atoms with Crippen molar-refractivity contribution in [2.75, 3.05) is 31.1 Å². The summed E-state index contributed by atoms with van der Waals surface area (Å²) >= 11 is 3.39. The maximum Gasteiger partial charge on any atom is 0.234 e. The Morgan fingerprint density at radius 3 is 3.09 bits per heavy atom. The average Bonchev–Trinajstić information content (AvgIpc) is 2.85. The summed E-state index contributed by atoms with van der Waals surface area (Å²) < 4.78 is 19.8. The molecule has 122 valence electrons. The minimum atomic E-state index is -0.288. The summed E-state index contributed by atoms with van der Waals surface area (Å²) in [5.74, 6) is 0.962. The molecule has 1 fully saturated rings. The summed E-state index contributed by atoms with van der Waals surface area (Å²) in [5.41, 5.74) is 0.733. The van der Waals surface area contributed by atoms with Gasteiger partial charge in [0.15, 0.2) is 5.82 Å². The maximum atomic E-state index is 13.3. The molecule has 5 nitrogen and oxygen atoms in total. The molecule has 0 radical (unpaired) electrons. The van der Waals surface area contributed by atoms with Crippen molar-refractivity contribution in [1.82, 2.24) is 15.3 Å². The van der Waals surface area contributed by atoms with Gasteiger partial charge in [-0.25, -0.2) is 4.39 Å². The molecular formula is C16H18BrFN4O. The number of hydrogen-bond donors (Lipinski definition) is 1. The molecule has 7 heteroatoms. The Morgan fingerprint density at radius 1 is 1.26 bits per heavy atom. The quantitative estimate of drug-likeness (QED) is 0.883. The fourth-order valence-corrected chi connectivity index (χ4v) is 2.80. The lowest BCUT2D eigenvalue weighted by atomic mass is 10.2. The highest BCUT2D eigenvalue weighted by molar-refractivity contribution is 9.10. The van der Waals surface area contributed by atoms with E-state index >= 15 is 0 Å². The van der Waals surface area contributed by atoms with E-state index in [-0.39, 0.29) is 12.4 Å². The van der Waals surface area contributed by atoms with Gasteiger partial charge in [0.1, 0.15) is 12.4 Å². The molecule has 1 aliphatic rings. The number of ether oxygens (including phenoxy) is 1. The number of benzene rings is 1. The van der Waals surface area contributed by atoms with Crippen LogP contribution in [0.2, 0.25) is 0 Å². The third kappa shape index (κ3) is 4.39. The van der Waals surface area contributed by atoms with Crippen molar-refractivity contribution in [2.45, 2.75) is 13.0 Å². The van der Waals surface area contributed by atoms with E-state index in [1.165, 1.54) is 12.1 Å². The third-order valence-electron chi connectivity index (χ3n) is 3.65. The molecule has 1 aromatic heterocycles. The molecule has 1 saturated heterocycles. The SMILES string of the molecule is Fc1ccc(Br)c(COc2cncc(N3CCCNCC3)n2)c1. The van der Waals surface area contributed by atoms with Crippen molar-refractivity contribution in [3.8, 4) is 5.88 Å². The Morgan fingerprint density at radius 2 is 2.17 bits per heavy atom. The van der Waals surface area contributed by atoms with Crippen LogP contribution in [0.4, 0.5) is 10.2 Å². The van der Waals surface area contributed by atoms with Gasteiger partial charge in [-0.15, -0.1) is 0 Å². The molecule has 0 unspecified atom stereocenters. The maximum absolute atomic E-state index is 13.3. The molecule has 0 saturated carbocycles. The van der Waals surface area contributed by atoms with Crippen LogP contribution in [0, 0.1) is 5.82 Å². The van der Waals surface area contributed by atoms with E-state index in [4.69, 9.17) is 4.74 Å². The van der Waals surface area contributed by atoms with Gasteiger partial charge < -0.3 is 15.0 Å². The molecule has 1 aliphatic heterocycles. The van der Waals surface area contributed by atoms with Gasteiger partial charge in [-0.05, 0) is 31.2 Å². The fraction of sp³-hybridized carbons (Fsp3) is 0.375. The first kappa shape index (κ1) is 16.1. The average molecular weight is 381 g/mol. The summed E-state index contributed by atoms with van der Waals surface area (Å²) in [4.78, 5) is 10.9. The van der Waals surface area contributed by atoms with E-state index in [2.05, 4.69) is 36.1 Å². The van der Waals surface area contributed by atoms with E-state index in [0.717, 1.165) is 48.5 Å². The highest BCUT2D eigenvalue weighted by Crippen LogP contribution is 2.20. The molecule has 2 heterocycles. The Bertz CT molecular complexity index is 662. The van der Waals surface area contributed by atoms with E-state index in [1.807, 2.05) is 0 Å². The monoisotopic (exact) mass is 380 g/mol. The van der Waals surface area contributed by atoms with Crippen LogP contribution >= 0.6 is 15.9 Å². The van der Waals surface area contributed by atoms with Crippen LogP contribution in [0.5, 0.6) is 5.88 Å². The van der Waals surface area contributed by atoms with Gasteiger partial charge in [0, 0.05) is 29.7 Å². The van der Waals surface area contributed by atoms with Gasteiger partial charge in [-0.2, -0.15) is 4.98 Å². The third-order valence-corrected chi connectivity index (χ3v) is 4.42. The van der Waals surface area contributed by atoms with E-state index in [1.54, 1.807) is 18.5 Å². The predicted molar refractivity (Wildman–Crippen MR) is 90.2 cm³/mol. The Kier molecular flexibility index (Phi) is 5.40. The molecule has 0 aliphatic carbocycles. The van der Waals surface area contributed by atoms with Crippen LogP contribution in [-0.2, 0) is 6.61 Å². The Balaban J connectivity index is 1.68. The normalized spacial score (nSPS) is 15.3. The van der Waals surface area contributed by atoms with Crippen molar-refractivity contribution in [3.63, 3.8) is 0 Å². The summed E-state index contributed by atoms with van der Waals surface area (Å²) in [6, 6.07) is 4.52. The summed E-state index contributed by atoms with van der Waals surface area (Å²) in [6.07, 6.45) is 4.39. The van der Waals surface area contributed by atoms with Gasteiger partial charge in [0.2, 0.25) is 5.88 Å². The number of hydrogen-bond acceptors (Lipinski definition) is 5. The second-order valence-corrected chi connectivity index (χ2v) is 6.18. The zero-order valence-corrected chi connectivity index (χ0v) is 14.2. The van der Waals surface area contributed by atoms with E-state index < -0.39 is 0 Å². The number of anilines is 1. The number of rotatable bonds is 4. The zero-order chi connectivity index (χ0) is 16.1. The molecule has 0 spiro atoms. The molecule has 1 aromatic carbocycles. The largest absolute Gasteiger partial charge is 0.472 e. The van der Waals surface area contributed by atoms with Crippen molar-refractivity contribution in [2.24, 2.45) is 0 Å². The Labute approximate surface area is 143 Å². The van der Waals surface area contributed by atoms with E-state index in [9.17, 15) is 4.39 Å².